The Morgan fingerprint density at radius 2 is 2.00 bits per heavy atom. The van der Waals surface area contributed by atoms with Gasteiger partial charge in [-0.15, -0.1) is 0 Å². The highest BCUT2D eigenvalue weighted by molar-refractivity contribution is 7.99. The largest absolute Gasteiger partial charge is 0.383 e. The van der Waals surface area contributed by atoms with E-state index >= 15 is 0 Å². The van der Waals surface area contributed by atoms with Crippen LogP contribution < -0.4 is 10.0 Å². The maximum atomic E-state index is 12.4. The third kappa shape index (κ3) is 3.66. The molecule has 1 fully saturated rings. The number of benzene rings is 1. The lowest BCUT2D eigenvalue weighted by atomic mass is 10.2. The first-order valence-corrected chi connectivity index (χ1v) is 9.14. The SMILES string of the molecule is CNc1cccc(S(=O)(=O)NC2CCSCC2)c1[N+](=O)[O-]. The van der Waals surface area contributed by atoms with E-state index in [2.05, 4.69) is 10.0 Å². The second-order valence-electron chi connectivity index (χ2n) is 4.67. The summed E-state index contributed by atoms with van der Waals surface area (Å²) in [5.74, 6) is 1.79. The molecule has 2 N–H and O–H groups in total. The Balaban J connectivity index is 2.37. The second-order valence-corrected chi connectivity index (χ2v) is 7.57. The van der Waals surface area contributed by atoms with Gasteiger partial charge in [-0.3, -0.25) is 10.1 Å². The zero-order chi connectivity index (χ0) is 15.5. The van der Waals surface area contributed by atoms with E-state index in [4.69, 9.17) is 0 Å². The molecule has 0 saturated carbocycles. The molecule has 0 bridgehead atoms. The summed E-state index contributed by atoms with van der Waals surface area (Å²) in [6, 6.07) is 4.08. The summed E-state index contributed by atoms with van der Waals surface area (Å²) in [5.41, 5.74) is -0.236. The molecule has 1 saturated heterocycles. The molecule has 0 amide bonds. The number of sulfonamides is 1. The molecule has 0 aromatic heterocycles. The maximum Gasteiger partial charge on any atom is 0.312 e. The van der Waals surface area contributed by atoms with Crippen LogP contribution in [0, 0.1) is 10.1 Å². The predicted molar refractivity (Wildman–Crippen MR) is 83.3 cm³/mol. The molecule has 116 valence electrons. The molecule has 7 nitrogen and oxygen atoms in total. The lowest BCUT2D eigenvalue weighted by molar-refractivity contribution is -0.386. The minimum absolute atomic E-state index is 0.158. The number of rotatable bonds is 5. The van der Waals surface area contributed by atoms with Crippen LogP contribution in [0.4, 0.5) is 11.4 Å². The zero-order valence-corrected chi connectivity index (χ0v) is 13.2. The van der Waals surface area contributed by atoms with E-state index in [0.717, 1.165) is 24.3 Å². The first-order valence-electron chi connectivity index (χ1n) is 6.51. The van der Waals surface area contributed by atoms with Gasteiger partial charge in [-0.2, -0.15) is 11.8 Å². The fraction of sp³-hybridized carbons (Fsp3) is 0.500. The summed E-state index contributed by atoms with van der Waals surface area (Å²) in [5, 5.41) is 13.9. The van der Waals surface area contributed by atoms with Crippen molar-refractivity contribution in [1.82, 2.24) is 4.72 Å². The van der Waals surface area contributed by atoms with E-state index < -0.39 is 20.6 Å². The van der Waals surface area contributed by atoms with Crippen LogP contribution in [0.1, 0.15) is 12.8 Å². The van der Waals surface area contributed by atoms with Gasteiger partial charge in [0.05, 0.1) is 4.92 Å². The molecular formula is C12H17N3O4S2. The molecule has 0 atom stereocenters. The highest BCUT2D eigenvalue weighted by atomic mass is 32.2. The summed E-state index contributed by atoms with van der Waals surface area (Å²) >= 11 is 1.78. The number of thioether (sulfide) groups is 1. The number of hydrogen-bond acceptors (Lipinski definition) is 6. The highest BCUT2D eigenvalue weighted by Crippen LogP contribution is 2.32. The minimum Gasteiger partial charge on any atom is -0.383 e. The van der Waals surface area contributed by atoms with Gasteiger partial charge in [-0.05, 0) is 36.5 Å². The number of anilines is 1. The van der Waals surface area contributed by atoms with Crippen molar-refractivity contribution in [2.75, 3.05) is 23.9 Å². The Hall–Kier alpha value is -1.32. The van der Waals surface area contributed by atoms with Crippen LogP contribution in [0.3, 0.4) is 0 Å². The van der Waals surface area contributed by atoms with Gasteiger partial charge in [-0.1, -0.05) is 6.07 Å². The lowest BCUT2D eigenvalue weighted by Crippen LogP contribution is -2.37. The standard InChI is InChI=1S/C12H17N3O4S2/c1-13-10-3-2-4-11(12(10)15(16)17)21(18,19)14-9-5-7-20-8-6-9/h2-4,9,13-14H,5-8H2,1H3. The van der Waals surface area contributed by atoms with Crippen molar-refractivity contribution in [1.29, 1.82) is 0 Å². The number of para-hydroxylation sites is 1. The van der Waals surface area contributed by atoms with E-state index in [1.807, 2.05) is 0 Å². The highest BCUT2D eigenvalue weighted by Gasteiger charge is 2.30. The van der Waals surface area contributed by atoms with Gasteiger partial charge in [0.15, 0.2) is 4.90 Å². The van der Waals surface area contributed by atoms with Crippen molar-refractivity contribution in [3.8, 4) is 0 Å². The van der Waals surface area contributed by atoms with Gasteiger partial charge in [0.25, 0.3) is 0 Å². The van der Waals surface area contributed by atoms with E-state index in [1.54, 1.807) is 11.8 Å². The Morgan fingerprint density at radius 1 is 1.33 bits per heavy atom. The van der Waals surface area contributed by atoms with Crippen molar-refractivity contribution in [2.45, 2.75) is 23.8 Å². The average molecular weight is 331 g/mol. The molecule has 0 radical (unpaired) electrons. The molecule has 1 aromatic carbocycles. The van der Waals surface area contributed by atoms with Crippen molar-refractivity contribution in [3.63, 3.8) is 0 Å². The smallest absolute Gasteiger partial charge is 0.312 e. The summed E-state index contributed by atoms with van der Waals surface area (Å²) in [7, 11) is -2.39. The Morgan fingerprint density at radius 3 is 2.57 bits per heavy atom. The number of hydrogen-bond donors (Lipinski definition) is 2. The number of nitro groups is 1. The quantitative estimate of drug-likeness (QED) is 0.630. The van der Waals surface area contributed by atoms with Gasteiger partial charge in [0, 0.05) is 13.1 Å². The topological polar surface area (TPSA) is 101 Å². The summed E-state index contributed by atoms with van der Waals surface area (Å²) in [6.45, 7) is 0. The monoisotopic (exact) mass is 331 g/mol. The third-order valence-electron chi connectivity index (χ3n) is 3.28. The molecule has 2 rings (SSSR count). The number of nitro benzene ring substituents is 1. The Bertz CT molecular complexity index is 627. The van der Waals surface area contributed by atoms with Crippen molar-refractivity contribution < 1.29 is 13.3 Å². The molecule has 0 spiro atoms. The molecule has 0 aliphatic carbocycles. The molecule has 1 heterocycles. The first kappa shape index (κ1) is 16.1. The fourth-order valence-corrected chi connectivity index (χ4v) is 4.83. The molecule has 0 unspecified atom stereocenters. The summed E-state index contributed by atoms with van der Waals surface area (Å²) < 4.78 is 27.5. The average Bonchev–Trinajstić information content (AvgIpc) is 2.46. The zero-order valence-electron chi connectivity index (χ0n) is 11.5. The van der Waals surface area contributed by atoms with E-state index in [9.17, 15) is 18.5 Å². The van der Waals surface area contributed by atoms with Crippen molar-refractivity contribution >= 4 is 33.2 Å². The van der Waals surface area contributed by atoms with Crippen LogP contribution in [0.2, 0.25) is 0 Å². The van der Waals surface area contributed by atoms with Crippen LogP contribution >= 0.6 is 11.8 Å². The van der Waals surface area contributed by atoms with Gasteiger partial charge in [-0.25, -0.2) is 13.1 Å². The normalized spacial score (nSPS) is 16.6. The molecule has 9 heteroatoms. The first-order chi connectivity index (χ1) is 9.95. The van der Waals surface area contributed by atoms with Crippen LogP contribution in [0.5, 0.6) is 0 Å². The summed E-state index contributed by atoms with van der Waals surface area (Å²) in [6.07, 6.45) is 1.48. The van der Waals surface area contributed by atoms with Crippen LogP contribution in [0.15, 0.2) is 23.1 Å². The van der Waals surface area contributed by atoms with Crippen LogP contribution in [-0.4, -0.2) is 37.9 Å². The van der Waals surface area contributed by atoms with Crippen molar-refractivity contribution in [2.24, 2.45) is 0 Å². The molecule has 1 aromatic rings. The second kappa shape index (κ2) is 6.63. The maximum absolute atomic E-state index is 12.4. The summed E-state index contributed by atoms with van der Waals surface area (Å²) in [4.78, 5) is 10.2. The minimum atomic E-state index is -3.91. The number of nitrogens with one attached hydrogen (secondary N) is 2. The molecule has 1 aliphatic rings. The molecule has 1 aliphatic heterocycles. The van der Waals surface area contributed by atoms with Gasteiger partial charge in [0.2, 0.25) is 10.0 Å². The number of nitrogens with zero attached hydrogens (tertiary/aromatic N) is 1. The van der Waals surface area contributed by atoms with Gasteiger partial charge >= 0.3 is 5.69 Å². The lowest BCUT2D eigenvalue weighted by Gasteiger charge is -2.22. The van der Waals surface area contributed by atoms with E-state index in [0.29, 0.717) is 0 Å². The Kier molecular flexibility index (Phi) is 5.07. The molecule has 21 heavy (non-hydrogen) atoms. The van der Waals surface area contributed by atoms with E-state index in [-0.39, 0.29) is 16.6 Å². The van der Waals surface area contributed by atoms with Crippen LogP contribution in [0.25, 0.3) is 0 Å². The fourth-order valence-electron chi connectivity index (χ4n) is 2.23. The Labute approximate surface area is 127 Å². The van der Waals surface area contributed by atoms with Gasteiger partial charge in [0.1, 0.15) is 5.69 Å². The molecular weight excluding hydrogens is 314 g/mol. The van der Waals surface area contributed by atoms with Gasteiger partial charge < -0.3 is 5.32 Å². The van der Waals surface area contributed by atoms with E-state index in [1.165, 1.54) is 25.2 Å². The van der Waals surface area contributed by atoms with Crippen molar-refractivity contribution in [3.05, 3.63) is 28.3 Å². The predicted octanol–water partition coefficient (Wildman–Crippen LogP) is 1.81. The van der Waals surface area contributed by atoms with Crippen LogP contribution in [-0.2, 0) is 10.0 Å². The third-order valence-corrected chi connectivity index (χ3v) is 5.88.